The SMILES string of the molecule is CC/C=C\C/C=C\C/C=C\C/C=C\C/C=C\CCCC(=O)OS(=O)(=O)Cc1noc2ccccc12. The summed E-state index contributed by atoms with van der Waals surface area (Å²) in [5.74, 6) is -1.27. The van der Waals surface area contributed by atoms with Gasteiger partial charge in [0.1, 0.15) is 11.4 Å². The van der Waals surface area contributed by atoms with Crippen molar-refractivity contribution in [2.24, 2.45) is 0 Å². The quantitative estimate of drug-likeness (QED) is 0.139. The lowest BCUT2D eigenvalue weighted by Gasteiger charge is -2.03. The highest BCUT2D eigenvalue weighted by molar-refractivity contribution is 7.86. The molecule has 0 radical (unpaired) electrons. The molecule has 0 spiro atoms. The molecule has 0 atom stereocenters. The van der Waals surface area contributed by atoms with Gasteiger partial charge in [-0.3, -0.25) is 4.79 Å². The van der Waals surface area contributed by atoms with Crippen LogP contribution < -0.4 is 0 Å². The van der Waals surface area contributed by atoms with Crippen LogP contribution >= 0.6 is 0 Å². The second-order valence-electron chi connectivity index (χ2n) is 7.88. The normalized spacial score (nSPS) is 12.9. The van der Waals surface area contributed by atoms with Crippen LogP contribution in [0.15, 0.2) is 89.5 Å². The molecule has 0 N–H and O–H groups in total. The second kappa shape index (κ2) is 16.4. The van der Waals surface area contributed by atoms with E-state index in [2.05, 4.69) is 60.7 Å². The summed E-state index contributed by atoms with van der Waals surface area (Å²) in [4.78, 5) is 11.9. The predicted molar refractivity (Wildman–Crippen MR) is 141 cm³/mol. The molecule has 2 aromatic rings. The maximum Gasteiger partial charge on any atom is 0.322 e. The molecule has 1 aromatic carbocycles. The molecule has 0 aliphatic heterocycles. The van der Waals surface area contributed by atoms with Gasteiger partial charge in [0, 0.05) is 11.8 Å². The van der Waals surface area contributed by atoms with E-state index < -0.39 is 21.8 Å². The van der Waals surface area contributed by atoms with Crippen LogP contribution in [0.2, 0.25) is 0 Å². The van der Waals surface area contributed by atoms with Crippen LogP contribution in [-0.2, 0) is 24.8 Å². The molecule has 0 fully saturated rings. The summed E-state index contributed by atoms with van der Waals surface area (Å²) in [7, 11) is -4.08. The van der Waals surface area contributed by atoms with Crippen molar-refractivity contribution < 1.29 is 21.9 Å². The molecule has 35 heavy (non-hydrogen) atoms. The number of carbonyl (C=O) groups is 1. The summed E-state index contributed by atoms with van der Waals surface area (Å²) in [6.07, 6.45) is 27.2. The molecule has 1 heterocycles. The zero-order valence-corrected chi connectivity index (χ0v) is 21.2. The van der Waals surface area contributed by atoms with Crippen LogP contribution in [0.5, 0.6) is 0 Å². The lowest BCUT2D eigenvalue weighted by Crippen LogP contribution is -2.15. The van der Waals surface area contributed by atoms with E-state index in [1.165, 1.54) is 0 Å². The Morgan fingerprint density at radius 3 is 2.09 bits per heavy atom. The molecular weight excluding hydrogens is 462 g/mol. The minimum Gasteiger partial charge on any atom is -0.356 e. The van der Waals surface area contributed by atoms with Crippen molar-refractivity contribution >= 4 is 27.1 Å². The van der Waals surface area contributed by atoms with Crippen LogP contribution in [-0.4, -0.2) is 19.5 Å². The first-order chi connectivity index (χ1) is 17.0. The van der Waals surface area contributed by atoms with Gasteiger partial charge in [0.25, 0.3) is 0 Å². The van der Waals surface area contributed by atoms with E-state index in [0.717, 1.165) is 32.1 Å². The number of nitrogens with zero attached hydrogens (tertiary/aromatic N) is 1. The Bertz CT molecular complexity index is 1150. The fourth-order valence-corrected chi connectivity index (χ4v) is 4.12. The summed E-state index contributed by atoms with van der Waals surface area (Å²) in [6, 6.07) is 6.93. The summed E-state index contributed by atoms with van der Waals surface area (Å²) >= 11 is 0. The first-order valence-corrected chi connectivity index (χ1v) is 13.6. The van der Waals surface area contributed by atoms with Gasteiger partial charge in [-0.05, 0) is 57.1 Å². The average molecular weight is 498 g/mol. The molecule has 0 saturated carbocycles. The minimum absolute atomic E-state index is 0.0348. The third kappa shape index (κ3) is 12.2. The number of hydrogen-bond donors (Lipinski definition) is 0. The zero-order valence-electron chi connectivity index (χ0n) is 20.3. The van der Waals surface area contributed by atoms with Crippen LogP contribution in [0.25, 0.3) is 11.0 Å². The third-order valence-electron chi connectivity index (χ3n) is 4.89. The van der Waals surface area contributed by atoms with Gasteiger partial charge in [0.2, 0.25) is 0 Å². The second-order valence-corrected chi connectivity index (χ2v) is 9.45. The number of aromatic nitrogens is 1. The fourth-order valence-electron chi connectivity index (χ4n) is 3.16. The number of hydrogen-bond acceptors (Lipinski definition) is 6. The highest BCUT2D eigenvalue weighted by Gasteiger charge is 2.21. The highest BCUT2D eigenvalue weighted by Crippen LogP contribution is 2.20. The number of benzene rings is 1. The fraction of sp³-hybridized carbons (Fsp3) is 0.357. The van der Waals surface area contributed by atoms with Gasteiger partial charge in [0.15, 0.2) is 5.58 Å². The lowest BCUT2D eigenvalue weighted by atomic mass is 10.2. The van der Waals surface area contributed by atoms with Crippen molar-refractivity contribution in [2.75, 3.05) is 0 Å². The number of carbonyl (C=O) groups excluding carboxylic acids is 1. The van der Waals surface area contributed by atoms with Crippen LogP contribution in [0.4, 0.5) is 0 Å². The maximum atomic E-state index is 12.2. The third-order valence-corrected chi connectivity index (χ3v) is 5.96. The number of rotatable bonds is 16. The Morgan fingerprint density at radius 1 is 0.886 bits per heavy atom. The largest absolute Gasteiger partial charge is 0.356 e. The van der Waals surface area contributed by atoms with E-state index >= 15 is 0 Å². The summed E-state index contributed by atoms with van der Waals surface area (Å²) in [5, 5.41) is 4.36. The predicted octanol–water partition coefficient (Wildman–Crippen LogP) is 7.12. The maximum absolute atomic E-state index is 12.2. The molecule has 0 aliphatic rings. The lowest BCUT2D eigenvalue weighted by molar-refractivity contribution is -0.133. The molecule has 1 aromatic heterocycles. The molecule has 188 valence electrons. The van der Waals surface area contributed by atoms with Crippen molar-refractivity contribution in [3.63, 3.8) is 0 Å². The average Bonchev–Trinajstić information content (AvgIpc) is 3.23. The number of para-hydroxylation sites is 1. The van der Waals surface area contributed by atoms with Crippen LogP contribution in [0, 0.1) is 0 Å². The summed E-state index contributed by atoms with van der Waals surface area (Å²) < 4.78 is 34.1. The van der Waals surface area contributed by atoms with E-state index in [1.54, 1.807) is 24.3 Å². The Labute approximate surface area is 208 Å². The summed E-state index contributed by atoms with van der Waals surface area (Å²) in [5.41, 5.74) is 0.716. The highest BCUT2D eigenvalue weighted by atomic mass is 32.2. The number of allylic oxidation sites excluding steroid dienone is 10. The number of unbranched alkanes of at least 4 members (excludes halogenated alkanes) is 1. The molecule has 0 aliphatic carbocycles. The molecule has 6 nitrogen and oxygen atoms in total. The van der Waals surface area contributed by atoms with Gasteiger partial charge in [-0.2, -0.15) is 8.42 Å². The monoisotopic (exact) mass is 497 g/mol. The summed E-state index contributed by atoms with van der Waals surface area (Å²) in [6.45, 7) is 2.13. The Balaban J connectivity index is 1.55. The Hall–Kier alpha value is -3.19. The molecule has 7 heteroatoms. The van der Waals surface area contributed by atoms with E-state index in [0.29, 0.717) is 23.8 Å². The van der Waals surface area contributed by atoms with Gasteiger partial charge in [0.05, 0.1) is 0 Å². The first-order valence-electron chi connectivity index (χ1n) is 12.0. The van der Waals surface area contributed by atoms with Gasteiger partial charge in [-0.15, -0.1) is 0 Å². The van der Waals surface area contributed by atoms with Gasteiger partial charge >= 0.3 is 16.1 Å². The van der Waals surface area contributed by atoms with Crippen molar-refractivity contribution in [1.82, 2.24) is 5.16 Å². The van der Waals surface area contributed by atoms with E-state index in [1.807, 2.05) is 12.2 Å². The molecule has 2 rings (SSSR count). The molecule has 0 bridgehead atoms. The van der Waals surface area contributed by atoms with E-state index in [-0.39, 0.29) is 12.1 Å². The van der Waals surface area contributed by atoms with E-state index in [4.69, 9.17) is 8.71 Å². The zero-order chi connectivity index (χ0) is 25.2. The van der Waals surface area contributed by atoms with E-state index in [9.17, 15) is 13.2 Å². The minimum atomic E-state index is -4.08. The number of fused-ring (bicyclic) bond motifs is 1. The smallest absolute Gasteiger partial charge is 0.322 e. The first kappa shape index (κ1) is 28.1. The Kier molecular flexibility index (Phi) is 13.2. The van der Waals surface area contributed by atoms with Gasteiger partial charge in [-0.25, -0.2) is 0 Å². The van der Waals surface area contributed by atoms with Crippen LogP contribution in [0.3, 0.4) is 0 Å². The molecular formula is C28H35NO5S. The van der Waals surface area contributed by atoms with Crippen molar-refractivity contribution in [3.05, 3.63) is 90.7 Å². The molecule has 0 saturated heterocycles. The van der Waals surface area contributed by atoms with Crippen LogP contribution in [0.1, 0.15) is 64.0 Å². The van der Waals surface area contributed by atoms with Crippen molar-refractivity contribution in [1.29, 1.82) is 0 Å². The standard InChI is InChI=1S/C28H35NO5S/c1-2-3-4-5-6-7-8-9-10-11-12-13-14-15-16-17-18-23-28(30)34-35(31,32)24-26-25-21-19-20-22-27(25)33-29-26/h3-4,6-7,9-10,12-13,15-16,19-22H,2,5,8,11,14,17-18,23-24H2,1H3/b4-3-,7-6-,10-9-,13-12-,16-15-. The molecule has 0 amide bonds. The topological polar surface area (TPSA) is 86.5 Å². The van der Waals surface area contributed by atoms with Gasteiger partial charge < -0.3 is 8.71 Å². The van der Waals surface area contributed by atoms with Crippen molar-refractivity contribution in [2.45, 2.75) is 64.0 Å². The van der Waals surface area contributed by atoms with Gasteiger partial charge in [-0.1, -0.05) is 85.0 Å². The van der Waals surface area contributed by atoms with Crippen molar-refractivity contribution in [3.8, 4) is 0 Å². The molecule has 0 unspecified atom stereocenters. The Morgan fingerprint density at radius 2 is 1.46 bits per heavy atom.